The summed E-state index contributed by atoms with van der Waals surface area (Å²) < 4.78 is 5.20. The molecule has 0 bridgehead atoms. The summed E-state index contributed by atoms with van der Waals surface area (Å²) in [6, 6.07) is 17.0. The van der Waals surface area contributed by atoms with Gasteiger partial charge in [-0.15, -0.1) is 0 Å². The van der Waals surface area contributed by atoms with Crippen molar-refractivity contribution in [3.8, 4) is 5.75 Å². The summed E-state index contributed by atoms with van der Waals surface area (Å²) in [5.74, 6) is 0.697. The molecule has 0 spiro atoms. The van der Waals surface area contributed by atoms with Gasteiger partial charge in [0.25, 0.3) is 5.91 Å². The number of fused-ring (bicyclic) bond motifs is 1. The fraction of sp³-hybridized carbons (Fsp3) is 0.111. The number of amides is 1. The third-order valence-corrected chi connectivity index (χ3v) is 3.47. The van der Waals surface area contributed by atoms with Gasteiger partial charge in [-0.1, -0.05) is 18.2 Å². The summed E-state index contributed by atoms with van der Waals surface area (Å²) in [4.78, 5) is 16.4. The largest absolute Gasteiger partial charge is 0.497 e. The lowest BCUT2D eigenvalue weighted by Gasteiger charge is -2.07. The van der Waals surface area contributed by atoms with Crippen molar-refractivity contribution in [3.63, 3.8) is 0 Å². The molecule has 2 aromatic carbocycles. The molecule has 3 aromatic rings. The van der Waals surface area contributed by atoms with Crippen molar-refractivity contribution in [2.75, 3.05) is 7.11 Å². The molecule has 0 aliphatic carbocycles. The van der Waals surface area contributed by atoms with Crippen LogP contribution in [0, 0.1) is 0 Å². The molecule has 0 aliphatic rings. The molecule has 0 fully saturated rings. The number of carbonyl (C=O) groups excluding carboxylic acids is 1. The Kier molecular flexibility index (Phi) is 4.01. The molecule has 4 heteroatoms. The number of carbonyl (C=O) groups is 1. The lowest BCUT2D eigenvalue weighted by molar-refractivity contribution is 0.0950. The fourth-order valence-electron chi connectivity index (χ4n) is 2.27. The minimum Gasteiger partial charge on any atom is -0.497 e. The standard InChI is InChI=1S/C18H16N2O2/c1-22-17-8-7-13-10-15(6-5-14(13)11-17)18(21)20-12-16-4-2-3-9-19-16/h2-11H,12H2,1H3,(H,20,21). The van der Waals surface area contributed by atoms with E-state index in [1.54, 1.807) is 13.3 Å². The van der Waals surface area contributed by atoms with Crippen molar-refractivity contribution in [3.05, 3.63) is 72.1 Å². The van der Waals surface area contributed by atoms with Gasteiger partial charge in [0.05, 0.1) is 19.3 Å². The number of aromatic nitrogens is 1. The summed E-state index contributed by atoms with van der Waals surface area (Å²) in [5, 5.41) is 4.92. The molecule has 0 saturated carbocycles. The van der Waals surface area contributed by atoms with Crippen LogP contribution in [-0.2, 0) is 6.54 Å². The van der Waals surface area contributed by atoms with Gasteiger partial charge < -0.3 is 10.1 Å². The Balaban J connectivity index is 1.76. The summed E-state index contributed by atoms with van der Waals surface area (Å²) >= 11 is 0. The van der Waals surface area contributed by atoms with Crippen LogP contribution in [0.25, 0.3) is 10.8 Å². The molecule has 22 heavy (non-hydrogen) atoms. The lowest BCUT2D eigenvalue weighted by atomic mass is 10.1. The van der Waals surface area contributed by atoms with E-state index in [-0.39, 0.29) is 5.91 Å². The van der Waals surface area contributed by atoms with Gasteiger partial charge in [-0.2, -0.15) is 0 Å². The molecule has 0 saturated heterocycles. The first-order valence-electron chi connectivity index (χ1n) is 7.02. The smallest absolute Gasteiger partial charge is 0.251 e. The summed E-state index contributed by atoms with van der Waals surface area (Å²) in [5.41, 5.74) is 1.47. The topological polar surface area (TPSA) is 51.2 Å². The normalized spacial score (nSPS) is 10.4. The molecular weight excluding hydrogens is 276 g/mol. The highest BCUT2D eigenvalue weighted by Crippen LogP contribution is 2.21. The number of nitrogens with zero attached hydrogens (tertiary/aromatic N) is 1. The van der Waals surface area contributed by atoms with Gasteiger partial charge >= 0.3 is 0 Å². The van der Waals surface area contributed by atoms with E-state index in [4.69, 9.17) is 4.74 Å². The number of ether oxygens (including phenoxy) is 1. The maximum absolute atomic E-state index is 12.2. The highest BCUT2D eigenvalue weighted by Gasteiger charge is 2.07. The van der Waals surface area contributed by atoms with E-state index in [1.807, 2.05) is 54.6 Å². The zero-order valence-corrected chi connectivity index (χ0v) is 12.2. The number of hydrogen-bond acceptors (Lipinski definition) is 3. The Labute approximate surface area is 128 Å². The monoisotopic (exact) mass is 292 g/mol. The van der Waals surface area contributed by atoms with E-state index in [0.29, 0.717) is 12.1 Å². The third kappa shape index (κ3) is 3.06. The molecule has 3 rings (SSSR count). The van der Waals surface area contributed by atoms with Gasteiger partial charge in [0.15, 0.2) is 0 Å². The average molecular weight is 292 g/mol. The first kappa shape index (κ1) is 14.1. The Hall–Kier alpha value is -2.88. The van der Waals surface area contributed by atoms with Gasteiger partial charge in [0.2, 0.25) is 0 Å². The minimum absolute atomic E-state index is 0.108. The SMILES string of the molecule is COc1ccc2cc(C(=O)NCc3ccccn3)ccc2c1. The second-order valence-electron chi connectivity index (χ2n) is 4.93. The molecule has 0 atom stereocenters. The Morgan fingerprint density at radius 2 is 1.91 bits per heavy atom. The average Bonchev–Trinajstić information content (AvgIpc) is 2.59. The number of pyridine rings is 1. The van der Waals surface area contributed by atoms with Gasteiger partial charge in [-0.3, -0.25) is 9.78 Å². The van der Waals surface area contributed by atoms with Crippen molar-refractivity contribution in [2.24, 2.45) is 0 Å². The van der Waals surface area contributed by atoms with Crippen LogP contribution in [0.4, 0.5) is 0 Å². The van der Waals surface area contributed by atoms with Crippen LogP contribution in [0.2, 0.25) is 0 Å². The van der Waals surface area contributed by atoms with Crippen LogP contribution in [0.3, 0.4) is 0 Å². The molecule has 110 valence electrons. The van der Waals surface area contributed by atoms with Gasteiger partial charge in [0, 0.05) is 11.8 Å². The quantitative estimate of drug-likeness (QED) is 0.803. The van der Waals surface area contributed by atoms with Crippen LogP contribution in [0.5, 0.6) is 5.75 Å². The van der Waals surface area contributed by atoms with Crippen molar-refractivity contribution in [1.82, 2.24) is 10.3 Å². The Morgan fingerprint density at radius 1 is 1.09 bits per heavy atom. The van der Waals surface area contributed by atoms with Crippen LogP contribution in [0.15, 0.2) is 60.8 Å². The molecule has 1 N–H and O–H groups in total. The van der Waals surface area contributed by atoms with Crippen LogP contribution in [-0.4, -0.2) is 18.0 Å². The third-order valence-electron chi connectivity index (χ3n) is 3.47. The second kappa shape index (κ2) is 6.26. The Morgan fingerprint density at radius 3 is 2.68 bits per heavy atom. The van der Waals surface area contributed by atoms with E-state index in [2.05, 4.69) is 10.3 Å². The highest BCUT2D eigenvalue weighted by molar-refractivity contribution is 5.98. The van der Waals surface area contributed by atoms with Crippen molar-refractivity contribution in [2.45, 2.75) is 6.54 Å². The molecule has 4 nitrogen and oxygen atoms in total. The number of methoxy groups -OCH3 is 1. The van der Waals surface area contributed by atoms with E-state index in [0.717, 1.165) is 22.2 Å². The van der Waals surface area contributed by atoms with Crippen molar-refractivity contribution >= 4 is 16.7 Å². The summed E-state index contributed by atoms with van der Waals surface area (Å²) in [6.45, 7) is 0.417. The van der Waals surface area contributed by atoms with Gasteiger partial charge in [0.1, 0.15) is 5.75 Å². The number of hydrogen-bond donors (Lipinski definition) is 1. The summed E-state index contributed by atoms with van der Waals surface area (Å²) in [7, 11) is 1.64. The predicted octanol–water partition coefficient (Wildman–Crippen LogP) is 3.17. The first-order chi connectivity index (χ1) is 10.8. The number of benzene rings is 2. The van der Waals surface area contributed by atoms with E-state index < -0.39 is 0 Å². The van der Waals surface area contributed by atoms with Crippen molar-refractivity contribution < 1.29 is 9.53 Å². The minimum atomic E-state index is -0.108. The molecule has 0 aliphatic heterocycles. The zero-order chi connectivity index (χ0) is 15.4. The Bertz CT molecular complexity index is 801. The molecule has 1 heterocycles. The van der Waals surface area contributed by atoms with Gasteiger partial charge in [-0.25, -0.2) is 0 Å². The maximum Gasteiger partial charge on any atom is 0.251 e. The highest BCUT2D eigenvalue weighted by atomic mass is 16.5. The predicted molar refractivity (Wildman–Crippen MR) is 85.9 cm³/mol. The number of rotatable bonds is 4. The first-order valence-corrected chi connectivity index (χ1v) is 7.02. The van der Waals surface area contributed by atoms with Crippen molar-refractivity contribution in [1.29, 1.82) is 0 Å². The molecule has 0 radical (unpaired) electrons. The fourth-order valence-corrected chi connectivity index (χ4v) is 2.27. The molecule has 0 unspecified atom stereocenters. The maximum atomic E-state index is 12.2. The van der Waals surface area contributed by atoms with Gasteiger partial charge in [-0.05, 0) is 47.2 Å². The van der Waals surface area contributed by atoms with Crippen LogP contribution < -0.4 is 10.1 Å². The summed E-state index contributed by atoms with van der Waals surface area (Å²) in [6.07, 6.45) is 1.71. The molecular formula is C18H16N2O2. The zero-order valence-electron chi connectivity index (χ0n) is 12.2. The van der Waals surface area contributed by atoms with E-state index in [1.165, 1.54) is 0 Å². The molecule has 1 amide bonds. The van der Waals surface area contributed by atoms with E-state index >= 15 is 0 Å². The van der Waals surface area contributed by atoms with Crippen LogP contribution >= 0.6 is 0 Å². The van der Waals surface area contributed by atoms with Crippen LogP contribution in [0.1, 0.15) is 16.1 Å². The molecule has 1 aromatic heterocycles. The van der Waals surface area contributed by atoms with E-state index in [9.17, 15) is 4.79 Å². The second-order valence-corrected chi connectivity index (χ2v) is 4.93. The number of nitrogens with one attached hydrogen (secondary N) is 1. The lowest BCUT2D eigenvalue weighted by Crippen LogP contribution is -2.23.